The van der Waals surface area contributed by atoms with Gasteiger partial charge in [0, 0.05) is 12.1 Å². The van der Waals surface area contributed by atoms with E-state index in [1.807, 2.05) is 5.43 Å². The Labute approximate surface area is 103 Å². The predicted octanol–water partition coefficient (Wildman–Crippen LogP) is 1.28. The topological polar surface area (TPSA) is 58.4 Å². The maximum absolute atomic E-state index is 12.1. The number of rotatable bonds is 4. The molecule has 3 N–H and O–H groups in total. The van der Waals surface area contributed by atoms with Crippen LogP contribution in [0.25, 0.3) is 0 Å². The molecule has 0 fully saturated rings. The molecule has 0 atom stereocenters. The minimum atomic E-state index is -4.24. The van der Waals surface area contributed by atoms with E-state index < -0.39 is 18.6 Å². The molecule has 0 saturated carbocycles. The summed E-state index contributed by atoms with van der Waals surface area (Å²) in [6, 6.07) is 6.30. The third kappa shape index (κ3) is 4.72. The summed E-state index contributed by atoms with van der Waals surface area (Å²) in [6.07, 6.45) is -4.24. The van der Waals surface area contributed by atoms with Gasteiger partial charge in [0.05, 0.1) is 6.54 Å². The smallest absolute Gasteiger partial charge is 0.294 e. The monoisotopic (exact) mass is 261 g/mol. The van der Waals surface area contributed by atoms with Crippen LogP contribution in [0.1, 0.15) is 15.9 Å². The highest BCUT2D eigenvalue weighted by molar-refractivity contribution is 5.93. The van der Waals surface area contributed by atoms with E-state index in [1.54, 1.807) is 12.1 Å². The molecular formula is C11H14F3N3O. The van der Waals surface area contributed by atoms with Crippen molar-refractivity contribution < 1.29 is 18.0 Å². The zero-order valence-corrected chi connectivity index (χ0v) is 9.79. The van der Waals surface area contributed by atoms with Gasteiger partial charge in [0.25, 0.3) is 5.91 Å². The van der Waals surface area contributed by atoms with Crippen molar-refractivity contribution >= 4 is 5.91 Å². The molecule has 1 rings (SSSR count). The van der Waals surface area contributed by atoms with Crippen molar-refractivity contribution in [3.05, 3.63) is 35.4 Å². The van der Waals surface area contributed by atoms with Crippen LogP contribution in [0, 0.1) is 0 Å². The molecule has 1 aromatic carbocycles. The minimum absolute atomic E-state index is 0.102. The number of benzene rings is 1. The van der Waals surface area contributed by atoms with Crippen molar-refractivity contribution in [2.24, 2.45) is 5.84 Å². The van der Waals surface area contributed by atoms with Gasteiger partial charge in [-0.3, -0.25) is 15.1 Å². The molecule has 18 heavy (non-hydrogen) atoms. The van der Waals surface area contributed by atoms with Crippen LogP contribution in [0.2, 0.25) is 0 Å². The highest BCUT2D eigenvalue weighted by Gasteiger charge is 2.29. The van der Waals surface area contributed by atoms with E-state index in [1.165, 1.54) is 19.2 Å². The first-order valence-electron chi connectivity index (χ1n) is 5.17. The Morgan fingerprint density at radius 2 is 2.11 bits per heavy atom. The van der Waals surface area contributed by atoms with E-state index in [-0.39, 0.29) is 6.54 Å². The summed E-state index contributed by atoms with van der Waals surface area (Å²) in [6.45, 7) is -0.897. The molecule has 100 valence electrons. The largest absolute Gasteiger partial charge is 0.401 e. The van der Waals surface area contributed by atoms with Gasteiger partial charge in [-0.15, -0.1) is 0 Å². The molecule has 0 radical (unpaired) electrons. The zero-order chi connectivity index (χ0) is 13.8. The van der Waals surface area contributed by atoms with Crippen LogP contribution in [0.4, 0.5) is 13.2 Å². The van der Waals surface area contributed by atoms with Crippen LogP contribution < -0.4 is 11.3 Å². The van der Waals surface area contributed by atoms with Gasteiger partial charge < -0.3 is 0 Å². The Bertz CT molecular complexity index is 420. The number of alkyl halides is 3. The number of halogens is 3. The molecule has 4 nitrogen and oxygen atoms in total. The first-order valence-corrected chi connectivity index (χ1v) is 5.17. The number of nitrogen functional groups attached to an aromatic ring is 1. The fourth-order valence-electron chi connectivity index (χ4n) is 1.57. The lowest BCUT2D eigenvalue weighted by molar-refractivity contribution is -0.144. The molecule has 0 aliphatic heterocycles. The summed E-state index contributed by atoms with van der Waals surface area (Å²) >= 11 is 0. The number of nitrogens with zero attached hydrogens (tertiary/aromatic N) is 1. The van der Waals surface area contributed by atoms with Crippen LogP contribution in [0.5, 0.6) is 0 Å². The number of nitrogens with one attached hydrogen (secondary N) is 1. The van der Waals surface area contributed by atoms with Crippen LogP contribution in [-0.4, -0.2) is 30.6 Å². The average Bonchev–Trinajstić information content (AvgIpc) is 2.25. The molecule has 1 amide bonds. The van der Waals surface area contributed by atoms with Crippen LogP contribution in [-0.2, 0) is 6.54 Å². The third-order valence-electron chi connectivity index (χ3n) is 2.22. The molecule has 0 aromatic heterocycles. The molecule has 0 heterocycles. The highest BCUT2D eigenvalue weighted by atomic mass is 19.4. The van der Waals surface area contributed by atoms with Gasteiger partial charge in [0.2, 0.25) is 0 Å². The number of carbonyl (C=O) groups is 1. The summed E-state index contributed by atoms with van der Waals surface area (Å²) in [7, 11) is 1.36. The standard InChI is InChI=1S/C11H14F3N3O/c1-17(7-11(12,13)14)6-8-3-2-4-9(5-8)10(18)16-15/h2-5H,6-7,15H2,1H3,(H,16,18). The van der Waals surface area contributed by atoms with Gasteiger partial charge in [-0.2, -0.15) is 13.2 Å². The number of carbonyl (C=O) groups excluding carboxylic acids is 1. The number of hydrogen-bond acceptors (Lipinski definition) is 3. The lowest BCUT2D eigenvalue weighted by atomic mass is 10.1. The maximum Gasteiger partial charge on any atom is 0.401 e. The highest BCUT2D eigenvalue weighted by Crippen LogP contribution is 2.17. The second kappa shape index (κ2) is 5.83. The van der Waals surface area contributed by atoms with Crippen molar-refractivity contribution in [3.63, 3.8) is 0 Å². The number of hydrogen-bond donors (Lipinski definition) is 2. The summed E-state index contributed by atoms with van der Waals surface area (Å²) in [5.74, 6) is 4.50. The summed E-state index contributed by atoms with van der Waals surface area (Å²) in [5, 5.41) is 0. The lowest BCUT2D eigenvalue weighted by Gasteiger charge is -2.18. The van der Waals surface area contributed by atoms with Crippen molar-refractivity contribution in [1.29, 1.82) is 0 Å². The second-order valence-electron chi connectivity index (χ2n) is 3.96. The van der Waals surface area contributed by atoms with Crippen molar-refractivity contribution in [2.45, 2.75) is 12.7 Å². The summed E-state index contributed by atoms with van der Waals surface area (Å²) in [4.78, 5) is 12.4. The fourth-order valence-corrected chi connectivity index (χ4v) is 1.57. The van der Waals surface area contributed by atoms with Gasteiger partial charge in [-0.05, 0) is 24.7 Å². The van der Waals surface area contributed by atoms with Crippen LogP contribution in [0.3, 0.4) is 0 Å². The molecule has 1 aromatic rings. The van der Waals surface area contributed by atoms with Gasteiger partial charge in [0.15, 0.2) is 0 Å². The molecular weight excluding hydrogens is 247 g/mol. The van der Waals surface area contributed by atoms with E-state index in [0.717, 1.165) is 4.90 Å². The fraction of sp³-hybridized carbons (Fsp3) is 0.364. The third-order valence-corrected chi connectivity index (χ3v) is 2.22. The SMILES string of the molecule is CN(Cc1cccc(C(=O)NN)c1)CC(F)(F)F. The Balaban J connectivity index is 2.70. The predicted molar refractivity (Wildman–Crippen MR) is 60.5 cm³/mol. The molecule has 0 saturated heterocycles. The Hall–Kier alpha value is -1.60. The van der Waals surface area contributed by atoms with Crippen molar-refractivity contribution in [3.8, 4) is 0 Å². The van der Waals surface area contributed by atoms with Gasteiger partial charge in [0.1, 0.15) is 0 Å². The number of amides is 1. The normalized spacial score (nSPS) is 11.7. The van der Waals surface area contributed by atoms with E-state index in [4.69, 9.17) is 5.84 Å². The van der Waals surface area contributed by atoms with Gasteiger partial charge in [-0.25, -0.2) is 5.84 Å². The Morgan fingerprint density at radius 3 is 2.67 bits per heavy atom. The quantitative estimate of drug-likeness (QED) is 0.488. The van der Waals surface area contributed by atoms with Gasteiger partial charge >= 0.3 is 6.18 Å². The van der Waals surface area contributed by atoms with Gasteiger partial charge in [-0.1, -0.05) is 12.1 Å². The van der Waals surface area contributed by atoms with E-state index in [0.29, 0.717) is 11.1 Å². The number of nitrogens with two attached hydrogens (primary N) is 1. The molecule has 0 aliphatic rings. The van der Waals surface area contributed by atoms with E-state index in [9.17, 15) is 18.0 Å². The Morgan fingerprint density at radius 1 is 1.44 bits per heavy atom. The lowest BCUT2D eigenvalue weighted by Crippen LogP contribution is -2.31. The first kappa shape index (κ1) is 14.5. The maximum atomic E-state index is 12.1. The zero-order valence-electron chi connectivity index (χ0n) is 9.79. The van der Waals surface area contributed by atoms with E-state index in [2.05, 4.69) is 0 Å². The first-order chi connectivity index (χ1) is 8.31. The molecule has 0 unspecified atom stereocenters. The van der Waals surface area contributed by atoms with Crippen LogP contribution >= 0.6 is 0 Å². The number of hydrazine groups is 1. The molecule has 0 aliphatic carbocycles. The summed E-state index contributed by atoms with van der Waals surface area (Å²) in [5.41, 5.74) is 2.90. The van der Waals surface area contributed by atoms with E-state index >= 15 is 0 Å². The minimum Gasteiger partial charge on any atom is -0.294 e. The molecule has 7 heteroatoms. The van der Waals surface area contributed by atoms with Crippen LogP contribution in [0.15, 0.2) is 24.3 Å². The average molecular weight is 261 g/mol. The second-order valence-corrected chi connectivity index (χ2v) is 3.96. The van der Waals surface area contributed by atoms with Crippen molar-refractivity contribution in [1.82, 2.24) is 10.3 Å². The molecule has 0 bridgehead atoms. The Kier molecular flexibility index (Phi) is 4.69. The molecule has 0 spiro atoms. The summed E-state index contributed by atoms with van der Waals surface area (Å²) < 4.78 is 36.4. The van der Waals surface area contributed by atoms with Crippen molar-refractivity contribution in [2.75, 3.05) is 13.6 Å².